The minimum atomic E-state index is -0.975. The molecule has 0 heterocycles. The van der Waals surface area contributed by atoms with Crippen LogP contribution in [0.15, 0.2) is 12.3 Å². The molecule has 10 heavy (non-hydrogen) atoms. The van der Waals surface area contributed by atoms with Gasteiger partial charge in [-0.05, 0) is 6.42 Å². The zero-order valence-electron chi connectivity index (χ0n) is 6.04. The quantitative estimate of drug-likeness (QED) is 0.360. The first-order valence-corrected chi connectivity index (χ1v) is 3.28. The summed E-state index contributed by atoms with van der Waals surface area (Å²) < 4.78 is 4.82. The molecule has 0 amide bonds. The molecule has 0 unspecified atom stereocenters. The first-order chi connectivity index (χ1) is 4.77. The summed E-state index contributed by atoms with van der Waals surface area (Å²) in [5, 5.41) is 8.10. The van der Waals surface area contributed by atoms with Gasteiger partial charge in [0.1, 0.15) is 0 Å². The first kappa shape index (κ1) is 9.01. The Morgan fingerprint density at radius 2 is 2.40 bits per heavy atom. The zero-order chi connectivity index (χ0) is 7.82. The van der Waals surface area contributed by atoms with Crippen LogP contribution < -0.4 is 0 Å². The fourth-order valence-corrected chi connectivity index (χ4v) is 0.402. The van der Waals surface area contributed by atoms with E-state index in [4.69, 9.17) is 9.84 Å². The van der Waals surface area contributed by atoms with Gasteiger partial charge in [-0.25, -0.2) is 4.79 Å². The number of hydrogen-bond acceptors (Lipinski definition) is 2. The molecule has 0 aromatic rings. The lowest BCUT2D eigenvalue weighted by atomic mass is 10.4. The molecule has 58 valence electrons. The molecule has 0 aliphatic rings. The fraction of sp³-hybridized carbons (Fsp3) is 0.571. The molecule has 0 aromatic heterocycles. The maximum Gasteiger partial charge on any atom is 0.331 e. The second-order valence-electron chi connectivity index (χ2n) is 1.87. The largest absolute Gasteiger partial charge is 0.501 e. The standard InChI is InChI=1S/C7H12O3/c1-2-3-5-10-6-4-7(8)9/h4,6H,2-3,5H2,1H3,(H,8,9)/b6-4+. The smallest absolute Gasteiger partial charge is 0.331 e. The molecule has 0 aliphatic carbocycles. The van der Waals surface area contributed by atoms with Crippen molar-refractivity contribution in [3.05, 3.63) is 12.3 Å². The molecule has 0 fully saturated rings. The SMILES string of the molecule is CCCCO/C=C/C(=O)O. The van der Waals surface area contributed by atoms with E-state index in [0.29, 0.717) is 6.61 Å². The summed E-state index contributed by atoms with van der Waals surface area (Å²) in [6, 6.07) is 0. The van der Waals surface area contributed by atoms with Crippen LogP contribution >= 0.6 is 0 Å². The second-order valence-corrected chi connectivity index (χ2v) is 1.87. The first-order valence-electron chi connectivity index (χ1n) is 3.28. The summed E-state index contributed by atoms with van der Waals surface area (Å²) in [4.78, 5) is 9.87. The summed E-state index contributed by atoms with van der Waals surface area (Å²) in [6.07, 6.45) is 4.21. The number of carboxylic acid groups (broad SMARTS) is 1. The summed E-state index contributed by atoms with van der Waals surface area (Å²) in [5.41, 5.74) is 0. The number of carboxylic acids is 1. The van der Waals surface area contributed by atoms with Gasteiger partial charge in [-0.3, -0.25) is 0 Å². The Labute approximate surface area is 60.3 Å². The highest BCUT2D eigenvalue weighted by Crippen LogP contribution is 1.87. The van der Waals surface area contributed by atoms with E-state index in [1.165, 1.54) is 6.26 Å². The van der Waals surface area contributed by atoms with Crippen molar-refractivity contribution in [2.45, 2.75) is 19.8 Å². The highest BCUT2D eigenvalue weighted by molar-refractivity contribution is 5.79. The Bertz CT molecular complexity index is 118. The van der Waals surface area contributed by atoms with E-state index >= 15 is 0 Å². The van der Waals surface area contributed by atoms with Gasteiger partial charge in [-0.1, -0.05) is 13.3 Å². The van der Waals surface area contributed by atoms with E-state index in [1.54, 1.807) is 0 Å². The number of hydrogen-bond donors (Lipinski definition) is 1. The molecule has 0 aliphatic heterocycles. The molecule has 0 rings (SSSR count). The van der Waals surface area contributed by atoms with Crippen molar-refractivity contribution in [1.82, 2.24) is 0 Å². The summed E-state index contributed by atoms with van der Waals surface area (Å²) in [5.74, 6) is -0.975. The van der Waals surface area contributed by atoms with Gasteiger partial charge in [-0.2, -0.15) is 0 Å². The van der Waals surface area contributed by atoms with E-state index in [9.17, 15) is 4.79 Å². The Hall–Kier alpha value is -0.990. The van der Waals surface area contributed by atoms with E-state index in [-0.39, 0.29) is 0 Å². The molecule has 0 aromatic carbocycles. The van der Waals surface area contributed by atoms with Crippen LogP contribution in [0.25, 0.3) is 0 Å². The van der Waals surface area contributed by atoms with Gasteiger partial charge in [0.05, 0.1) is 18.9 Å². The normalized spacial score (nSPS) is 10.1. The van der Waals surface area contributed by atoms with Gasteiger partial charge < -0.3 is 9.84 Å². The Morgan fingerprint density at radius 1 is 1.70 bits per heavy atom. The van der Waals surface area contributed by atoms with Crippen LogP contribution in [0.2, 0.25) is 0 Å². The predicted molar refractivity (Wildman–Crippen MR) is 37.6 cm³/mol. The third kappa shape index (κ3) is 7.01. The average Bonchev–Trinajstić information content (AvgIpc) is 1.87. The lowest BCUT2D eigenvalue weighted by molar-refractivity contribution is -0.131. The van der Waals surface area contributed by atoms with Crippen molar-refractivity contribution in [3.63, 3.8) is 0 Å². The fourth-order valence-electron chi connectivity index (χ4n) is 0.402. The predicted octanol–water partition coefficient (Wildman–Crippen LogP) is 1.40. The zero-order valence-corrected chi connectivity index (χ0v) is 6.04. The van der Waals surface area contributed by atoms with Gasteiger partial charge in [0.15, 0.2) is 0 Å². The van der Waals surface area contributed by atoms with Crippen molar-refractivity contribution < 1.29 is 14.6 Å². The van der Waals surface area contributed by atoms with Crippen LogP contribution in [-0.4, -0.2) is 17.7 Å². The van der Waals surface area contributed by atoms with Gasteiger partial charge >= 0.3 is 5.97 Å². The molecule has 0 saturated heterocycles. The Morgan fingerprint density at radius 3 is 2.90 bits per heavy atom. The van der Waals surface area contributed by atoms with Crippen LogP contribution in [0.1, 0.15) is 19.8 Å². The third-order valence-electron chi connectivity index (χ3n) is 0.923. The molecular weight excluding hydrogens is 132 g/mol. The highest BCUT2D eigenvalue weighted by Gasteiger charge is 1.84. The molecule has 3 heteroatoms. The van der Waals surface area contributed by atoms with Gasteiger partial charge in [0.2, 0.25) is 0 Å². The number of rotatable bonds is 5. The highest BCUT2D eigenvalue weighted by atomic mass is 16.5. The van der Waals surface area contributed by atoms with Crippen LogP contribution in [0.4, 0.5) is 0 Å². The Kier molecular flexibility index (Phi) is 5.53. The average molecular weight is 144 g/mol. The Balaban J connectivity index is 3.10. The van der Waals surface area contributed by atoms with Crippen LogP contribution in [0, 0.1) is 0 Å². The van der Waals surface area contributed by atoms with Crippen molar-refractivity contribution in [2.24, 2.45) is 0 Å². The van der Waals surface area contributed by atoms with Crippen molar-refractivity contribution in [3.8, 4) is 0 Å². The molecule has 0 saturated carbocycles. The molecule has 0 atom stereocenters. The van der Waals surface area contributed by atoms with Gasteiger partial charge in [0, 0.05) is 0 Å². The van der Waals surface area contributed by atoms with Gasteiger partial charge in [-0.15, -0.1) is 0 Å². The molecular formula is C7H12O3. The second kappa shape index (κ2) is 6.13. The molecule has 3 nitrogen and oxygen atoms in total. The topological polar surface area (TPSA) is 46.5 Å². The van der Waals surface area contributed by atoms with Crippen molar-refractivity contribution >= 4 is 5.97 Å². The molecule has 1 N–H and O–H groups in total. The number of ether oxygens (including phenoxy) is 1. The van der Waals surface area contributed by atoms with E-state index in [0.717, 1.165) is 18.9 Å². The van der Waals surface area contributed by atoms with Gasteiger partial charge in [0.25, 0.3) is 0 Å². The number of aliphatic carboxylic acids is 1. The molecule has 0 radical (unpaired) electrons. The molecule has 0 bridgehead atoms. The summed E-state index contributed by atoms with van der Waals surface area (Å²) in [7, 11) is 0. The maximum absolute atomic E-state index is 9.87. The molecule has 0 spiro atoms. The van der Waals surface area contributed by atoms with E-state index in [2.05, 4.69) is 0 Å². The number of unbranched alkanes of at least 4 members (excludes halogenated alkanes) is 1. The van der Waals surface area contributed by atoms with Crippen LogP contribution in [0.3, 0.4) is 0 Å². The number of carbonyl (C=O) groups is 1. The minimum absolute atomic E-state index is 0.597. The monoisotopic (exact) mass is 144 g/mol. The van der Waals surface area contributed by atoms with Crippen molar-refractivity contribution in [1.29, 1.82) is 0 Å². The van der Waals surface area contributed by atoms with Crippen LogP contribution in [0.5, 0.6) is 0 Å². The van der Waals surface area contributed by atoms with Crippen molar-refractivity contribution in [2.75, 3.05) is 6.61 Å². The minimum Gasteiger partial charge on any atom is -0.501 e. The van der Waals surface area contributed by atoms with E-state index < -0.39 is 5.97 Å². The lowest BCUT2D eigenvalue weighted by Crippen LogP contribution is -1.89. The summed E-state index contributed by atoms with van der Waals surface area (Å²) >= 11 is 0. The van der Waals surface area contributed by atoms with Crippen LogP contribution in [-0.2, 0) is 9.53 Å². The summed E-state index contributed by atoms with van der Waals surface area (Å²) in [6.45, 7) is 2.64. The lowest BCUT2D eigenvalue weighted by Gasteiger charge is -1.95. The van der Waals surface area contributed by atoms with E-state index in [1.807, 2.05) is 6.92 Å². The maximum atomic E-state index is 9.87. The third-order valence-corrected chi connectivity index (χ3v) is 0.923.